The van der Waals surface area contributed by atoms with Crippen LogP contribution in [-0.2, 0) is 11.3 Å². The van der Waals surface area contributed by atoms with Gasteiger partial charge in [-0.25, -0.2) is 4.39 Å². The molecular weight excluding hydrogens is 357 g/mol. The molecule has 0 N–H and O–H groups in total. The van der Waals surface area contributed by atoms with Gasteiger partial charge in [-0.2, -0.15) is 4.98 Å². The number of anilines is 1. The van der Waals surface area contributed by atoms with Crippen molar-refractivity contribution in [3.05, 3.63) is 59.9 Å². The van der Waals surface area contributed by atoms with E-state index in [2.05, 4.69) is 9.88 Å². The molecule has 0 unspecified atom stereocenters. The van der Waals surface area contributed by atoms with Crippen LogP contribution in [0.2, 0.25) is 0 Å². The summed E-state index contributed by atoms with van der Waals surface area (Å²) in [6, 6.07) is 14.8. The highest BCUT2D eigenvalue weighted by atomic mass is 19.1. The Morgan fingerprint density at radius 2 is 2.00 bits per heavy atom. The zero-order valence-corrected chi connectivity index (χ0v) is 16.0. The van der Waals surface area contributed by atoms with E-state index in [1.807, 2.05) is 42.2 Å². The van der Waals surface area contributed by atoms with E-state index in [0.29, 0.717) is 19.1 Å². The zero-order valence-electron chi connectivity index (χ0n) is 16.0. The Morgan fingerprint density at radius 3 is 2.71 bits per heavy atom. The molecule has 146 valence electrons. The highest BCUT2D eigenvalue weighted by Gasteiger charge is 2.29. The number of rotatable bonds is 5. The maximum Gasteiger partial charge on any atom is 0.298 e. The van der Waals surface area contributed by atoms with E-state index in [0.717, 1.165) is 42.6 Å². The van der Waals surface area contributed by atoms with Gasteiger partial charge in [0.15, 0.2) is 5.58 Å². The second kappa shape index (κ2) is 8.00. The summed E-state index contributed by atoms with van der Waals surface area (Å²) in [5.74, 6) is -0.147. The van der Waals surface area contributed by atoms with Gasteiger partial charge in [-0.1, -0.05) is 24.3 Å². The van der Waals surface area contributed by atoms with E-state index in [1.165, 1.54) is 12.1 Å². The first kappa shape index (κ1) is 18.5. The van der Waals surface area contributed by atoms with Crippen LogP contribution in [-0.4, -0.2) is 35.4 Å². The average molecular weight is 381 g/mol. The van der Waals surface area contributed by atoms with Crippen molar-refractivity contribution in [2.75, 3.05) is 24.5 Å². The smallest absolute Gasteiger partial charge is 0.298 e. The number of fused-ring (bicyclic) bond motifs is 1. The number of para-hydroxylation sites is 2. The monoisotopic (exact) mass is 381 g/mol. The van der Waals surface area contributed by atoms with Crippen molar-refractivity contribution in [1.82, 2.24) is 9.88 Å². The molecule has 0 aliphatic carbocycles. The summed E-state index contributed by atoms with van der Waals surface area (Å²) < 4.78 is 19.3. The molecule has 4 rings (SSSR count). The lowest BCUT2D eigenvalue weighted by Gasteiger charge is -2.33. The Kier molecular flexibility index (Phi) is 5.28. The van der Waals surface area contributed by atoms with E-state index in [9.17, 15) is 9.18 Å². The van der Waals surface area contributed by atoms with Crippen molar-refractivity contribution >= 4 is 23.0 Å². The van der Waals surface area contributed by atoms with E-state index >= 15 is 0 Å². The van der Waals surface area contributed by atoms with Gasteiger partial charge >= 0.3 is 0 Å². The molecule has 1 saturated heterocycles. The van der Waals surface area contributed by atoms with Crippen LogP contribution in [0.15, 0.2) is 52.9 Å². The molecule has 5 nitrogen and oxygen atoms in total. The molecule has 6 heteroatoms. The van der Waals surface area contributed by atoms with Crippen LogP contribution >= 0.6 is 0 Å². The number of amides is 1. The zero-order chi connectivity index (χ0) is 19.5. The number of hydrogen-bond acceptors (Lipinski definition) is 4. The summed E-state index contributed by atoms with van der Waals surface area (Å²) >= 11 is 0. The van der Waals surface area contributed by atoms with Crippen molar-refractivity contribution in [2.45, 2.75) is 26.3 Å². The number of benzene rings is 2. The van der Waals surface area contributed by atoms with Crippen molar-refractivity contribution in [1.29, 1.82) is 0 Å². The van der Waals surface area contributed by atoms with Gasteiger partial charge in [-0.15, -0.1) is 0 Å². The van der Waals surface area contributed by atoms with Gasteiger partial charge < -0.3 is 14.2 Å². The topological polar surface area (TPSA) is 49.6 Å². The first-order valence-electron chi connectivity index (χ1n) is 9.78. The van der Waals surface area contributed by atoms with Crippen molar-refractivity contribution in [2.24, 2.45) is 5.92 Å². The largest absolute Gasteiger partial charge is 0.423 e. The normalized spacial score (nSPS) is 15.1. The summed E-state index contributed by atoms with van der Waals surface area (Å²) in [5, 5.41) is 0. The minimum atomic E-state index is -0.271. The van der Waals surface area contributed by atoms with Crippen LogP contribution < -0.4 is 4.90 Å². The number of oxazole rings is 1. The van der Waals surface area contributed by atoms with Crippen LogP contribution in [0.1, 0.15) is 25.3 Å². The number of hydrogen-bond donors (Lipinski definition) is 0. The predicted octanol–water partition coefficient (Wildman–Crippen LogP) is 4.23. The van der Waals surface area contributed by atoms with Crippen LogP contribution in [0.5, 0.6) is 0 Å². The molecule has 1 aliphatic rings. The molecule has 2 aromatic carbocycles. The number of piperidine rings is 1. The van der Waals surface area contributed by atoms with Crippen LogP contribution in [0, 0.1) is 11.7 Å². The lowest BCUT2D eigenvalue weighted by Crippen LogP contribution is -2.42. The standard InChI is InChI=1S/C22H24FN3O2/c1-2-25(15-16-6-5-7-18(23)14-16)21(27)17-10-12-26(13-11-17)22-24-19-8-3-4-9-20(19)28-22/h3-9,14,17H,2,10-13,15H2,1H3. The molecule has 1 amide bonds. The Bertz CT molecular complexity index is 930. The highest BCUT2D eigenvalue weighted by molar-refractivity contribution is 5.79. The molecule has 0 saturated carbocycles. The van der Waals surface area contributed by atoms with Gasteiger partial charge in [0, 0.05) is 32.1 Å². The number of carbonyl (C=O) groups is 1. The molecule has 2 heterocycles. The maximum absolute atomic E-state index is 13.4. The molecule has 0 atom stereocenters. The van der Waals surface area contributed by atoms with Gasteiger partial charge in [-0.05, 0) is 49.6 Å². The molecule has 0 spiro atoms. The van der Waals surface area contributed by atoms with Crippen molar-refractivity contribution in [3.8, 4) is 0 Å². The van der Waals surface area contributed by atoms with E-state index < -0.39 is 0 Å². The van der Waals surface area contributed by atoms with Gasteiger partial charge in [0.25, 0.3) is 6.01 Å². The predicted molar refractivity (Wildman–Crippen MR) is 106 cm³/mol. The Balaban J connectivity index is 1.38. The third-order valence-corrected chi connectivity index (χ3v) is 5.35. The molecule has 1 fully saturated rings. The Hall–Kier alpha value is -2.89. The summed E-state index contributed by atoms with van der Waals surface area (Å²) in [4.78, 5) is 21.4. The van der Waals surface area contributed by atoms with Gasteiger partial charge in [0.2, 0.25) is 5.91 Å². The minimum Gasteiger partial charge on any atom is -0.423 e. The van der Waals surface area contributed by atoms with E-state index in [4.69, 9.17) is 4.42 Å². The maximum atomic E-state index is 13.4. The van der Waals surface area contributed by atoms with Crippen LogP contribution in [0.4, 0.5) is 10.4 Å². The molecule has 28 heavy (non-hydrogen) atoms. The number of nitrogens with zero attached hydrogens (tertiary/aromatic N) is 3. The number of halogens is 1. The van der Waals surface area contributed by atoms with Gasteiger partial charge in [-0.3, -0.25) is 4.79 Å². The van der Waals surface area contributed by atoms with Crippen LogP contribution in [0.25, 0.3) is 11.1 Å². The lowest BCUT2D eigenvalue weighted by atomic mass is 9.95. The minimum absolute atomic E-state index is 0.0193. The molecule has 3 aromatic rings. The van der Waals surface area contributed by atoms with Crippen molar-refractivity contribution < 1.29 is 13.6 Å². The SMILES string of the molecule is CCN(Cc1cccc(F)c1)C(=O)C1CCN(c2nc3ccccc3o2)CC1. The van der Waals surface area contributed by atoms with Gasteiger partial charge in [0.1, 0.15) is 11.3 Å². The lowest BCUT2D eigenvalue weighted by molar-refractivity contribution is -0.136. The molecular formula is C22H24FN3O2. The second-order valence-corrected chi connectivity index (χ2v) is 7.21. The highest BCUT2D eigenvalue weighted by Crippen LogP contribution is 2.27. The summed E-state index contributed by atoms with van der Waals surface area (Å²) in [7, 11) is 0. The second-order valence-electron chi connectivity index (χ2n) is 7.21. The summed E-state index contributed by atoms with van der Waals surface area (Å²) in [5.41, 5.74) is 2.45. The first-order valence-corrected chi connectivity index (χ1v) is 9.78. The van der Waals surface area contributed by atoms with Crippen molar-refractivity contribution in [3.63, 3.8) is 0 Å². The third kappa shape index (κ3) is 3.86. The fraction of sp³-hybridized carbons (Fsp3) is 0.364. The number of aromatic nitrogens is 1. The molecule has 0 radical (unpaired) electrons. The summed E-state index contributed by atoms with van der Waals surface area (Å²) in [6.07, 6.45) is 1.52. The molecule has 0 bridgehead atoms. The van der Waals surface area contributed by atoms with E-state index in [1.54, 1.807) is 6.07 Å². The average Bonchev–Trinajstić information content (AvgIpc) is 3.16. The molecule has 1 aromatic heterocycles. The summed E-state index contributed by atoms with van der Waals surface area (Å²) in [6.45, 7) is 4.49. The fourth-order valence-corrected chi connectivity index (χ4v) is 3.77. The Morgan fingerprint density at radius 1 is 1.21 bits per heavy atom. The third-order valence-electron chi connectivity index (χ3n) is 5.35. The van der Waals surface area contributed by atoms with E-state index in [-0.39, 0.29) is 17.6 Å². The molecule has 1 aliphatic heterocycles. The van der Waals surface area contributed by atoms with Crippen LogP contribution in [0.3, 0.4) is 0 Å². The number of carbonyl (C=O) groups excluding carboxylic acids is 1. The quantitative estimate of drug-likeness (QED) is 0.664. The first-order chi connectivity index (χ1) is 13.6. The Labute approximate surface area is 163 Å². The van der Waals surface area contributed by atoms with Gasteiger partial charge in [0.05, 0.1) is 0 Å². The fourth-order valence-electron chi connectivity index (χ4n) is 3.77.